The van der Waals surface area contributed by atoms with Crippen LogP contribution in [0.1, 0.15) is 152 Å². The van der Waals surface area contributed by atoms with Crippen LogP contribution in [0.3, 0.4) is 0 Å². The molecule has 0 spiro atoms. The molecule has 0 atom stereocenters. The molecule has 0 unspecified atom stereocenters. The molecule has 0 saturated heterocycles. The zero-order chi connectivity index (χ0) is 28.4. The van der Waals surface area contributed by atoms with Crippen LogP contribution in [0.2, 0.25) is 0 Å². The van der Waals surface area contributed by atoms with E-state index in [-0.39, 0.29) is 16.5 Å². The van der Waals surface area contributed by atoms with E-state index < -0.39 is 0 Å². The Morgan fingerprint density at radius 3 is 1.37 bits per heavy atom. The van der Waals surface area contributed by atoms with Crippen LogP contribution in [-0.4, -0.2) is 4.70 Å². The van der Waals surface area contributed by atoms with Crippen LogP contribution < -0.4 is 0 Å². The van der Waals surface area contributed by atoms with Gasteiger partial charge in [0.15, 0.2) is 0 Å². The van der Waals surface area contributed by atoms with Gasteiger partial charge in [-0.2, -0.15) is 0 Å². The van der Waals surface area contributed by atoms with E-state index >= 15 is 0 Å². The van der Waals surface area contributed by atoms with Gasteiger partial charge in [0, 0.05) is 39.3 Å². The molecular weight excluding hydrogens is 543 g/mol. The van der Waals surface area contributed by atoms with Crippen LogP contribution in [-0.2, 0) is 29.3 Å². The molecule has 3 heteroatoms. The van der Waals surface area contributed by atoms with E-state index in [0.717, 1.165) is 48.2 Å². The van der Waals surface area contributed by atoms with Crippen molar-refractivity contribution in [3.8, 4) is 0 Å². The number of nitrogens with zero attached hydrogens (tertiary/aromatic N) is 2. The molecule has 0 bridgehead atoms. The SMILES string of the molecule is CCCCCCCCc1ccc(C2=CC(CCCCCC)=C(c3ccc(CCCCCCCC)cc3)[N+]2=[N-])cc1.[Ni]. The van der Waals surface area contributed by atoms with Crippen molar-refractivity contribution in [2.75, 3.05) is 0 Å². The monoisotopic (exact) mass is 598 g/mol. The molecule has 0 aliphatic carbocycles. The summed E-state index contributed by atoms with van der Waals surface area (Å²) in [7, 11) is 0. The first kappa shape index (κ1) is 35.2. The minimum absolute atomic E-state index is 0. The Kier molecular flexibility index (Phi) is 17.9. The van der Waals surface area contributed by atoms with Gasteiger partial charge in [-0.05, 0) is 73.9 Å². The van der Waals surface area contributed by atoms with Crippen LogP contribution >= 0.6 is 0 Å². The van der Waals surface area contributed by atoms with E-state index in [9.17, 15) is 5.53 Å². The normalized spacial score (nSPS) is 13.0. The van der Waals surface area contributed by atoms with Crippen molar-refractivity contribution in [3.63, 3.8) is 0 Å². The minimum Gasteiger partial charge on any atom is -0.493 e. The van der Waals surface area contributed by atoms with Crippen LogP contribution in [0.25, 0.3) is 16.9 Å². The summed E-state index contributed by atoms with van der Waals surface area (Å²) < 4.78 is 1.46. The van der Waals surface area contributed by atoms with Gasteiger partial charge in [-0.1, -0.05) is 129 Å². The van der Waals surface area contributed by atoms with Gasteiger partial charge in [0.2, 0.25) is 11.4 Å². The van der Waals surface area contributed by atoms with Gasteiger partial charge in [-0.15, -0.1) is 0 Å². The molecular formula is C38H56N2Ni. The summed E-state index contributed by atoms with van der Waals surface area (Å²) in [5.74, 6) is 0. The van der Waals surface area contributed by atoms with Crippen LogP contribution in [0.5, 0.6) is 0 Å². The molecule has 1 aliphatic heterocycles. The standard InChI is InChI=1S/C38H56N2.Ni/c1-4-7-10-13-15-17-20-32-23-27-34(28-24-32)37-31-36(22-19-12-9-6-3)38(40(37)39)35-29-25-33(26-30-35)21-18-16-14-11-8-5-2;/h23-31H,4-22H2,1-3H3;. The summed E-state index contributed by atoms with van der Waals surface area (Å²) in [6, 6.07) is 17.9. The molecule has 0 N–H and O–H groups in total. The van der Waals surface area contributed by atoms with Crippen LogP contribution in [0.4, 0.5) is 0 Å². The number of unbranched alkanes of at least 4 members (excludes halogenated alkanes) is 13. The third-order valence-electron chi connectivity index (χ3n) is 8.47. The summed E-state index contributed by atoms with van der Waals surface area (Å²) in [5.41, 5.74) is 19.6. The Morgan fingerprint density at radius 2 is 0.878 bits per heavy atom. The summed E-state index contributed by atoms with van der Waals surface area (Å²) in [4.78, 5) is 0. The fourth-order valence-corrected chi connectivity index (χ4v) is 5.89. The van der Waals surface area contributed by atoms with Crippen LogP contribution in [0.15, 0.2) is 60.2 Å². The van der Waals surface area contributed by atoms with Crippen molar-refractivity contribution in [1.29, 1.82) is 0 Å². The molecule has 0 saturated carbocycles. The molecule has 0 fully saturated rings. The van der Waals surface area contributed by atoms with Gasteiger partial charge < -0.3 is 5.53 Å². The largest absolute Gasteiger partial charge is 0.493 e. The fourth-order valence-electron chi connectivity index (χ4n) is 5.89. The number of benzene rings is 2. The third-order valence-corrected chi connectivity index (χ3v) is 8.47. The summed E-state index contributed by atoms with van der Waals surface area (Å²) >= 11 is 0. The van der Waals surface area contributed by atoms with Gasteiger partial charge in [-0.25, -0.2) is 4.70 Å². The number of hydrogen-bond acceptors (Lipinski definition) is 0. The van der Waals surface area contributed by atoms with E-state index in [0.29, 0.717) is 0 Å². The molecule has 3 rings (SSSR count). The first-order chi connectivity index (χ1) is 19.7. The predicted octanol–water partition coefficient (Wildman–Crippen LogP) is 12.3. The van der Waals surface area contributed by atoms with E-state index in [2.05, 4.69) is 75.4 Å². The van der Waals surface area contributed by atoms with Crippen LogP contribution in [0, 0.1) is 0 Å². The molecule has 2 nitrogen and oxygen atoms in total. The zero-order valence-electron chi connectivity index (χ0n) is 26.3. The maximum absolute atomic E-state index is 11.5. The summed E-state index contributed by atoms with van der Waals surface area (Å²) in [5, 5.41) is 0. The van der Waals surface area contributed by atoms with Crippen molar-refractivity contribution >= 4 is 11.4 Å². The van der Waals surface area contributed by atoms with Crippen molar-refractivity contribution in [3.05, 3.63) is 88.0 Å². The Balaban J connectivity index is 0.00000588. The Labute approximate surface area is 262 Å². The molecule has 1 heterocycles. The second kappa shape index (κ2) is 20.8. The zero-order valence-corrected chi connectivity index (χ0v) is 27.3. The molecule has 41 heavy (non-hydrogen) atoms. The third kappa shape index (κ3) is 12.0. The average Bonchev–Trinajstić information content (AvgIpc) is 3.31. The summed E-state index contributed by atoms with van der Waals surface area (Å²) in [6.45, 7) is 6.81. The first-order valence-corrected chi connectivity index (χ1v) is 16.8. The van der Waals surface area contributed by atoms with Crippen molar-refractivity contribution in [1.82, 2.24) is 0 Å². The van der Waals surface area contributed by atoms with Gasteiger partial charge in [-0.3, -0.25) is 0 Å². The van der Waals surface area contributed by atoms with Gasteiger partial charge in [0.25, 0.3) is 0 Å². The minimum atomic E-state index is 0. The fraction of sp³-hybridized carbons (Fsp3) is 0.579. The number of allylic oxidation sites excluding steroid dienone is 2. The first-order valence-electron chi connectivity index (χ1n) is 16.8. The molecule has 2 aromatic carbocycles. The Morgan fingerprint density at radius 1 is 0.488 bits per heavy atom. The maximum atomic E-state index is 11.5. The molecule has 0 radical (unpaired) electrons. The predicted molar refractivity (Wildman–Crippen MR) is 174 cm³/mol. The van der Waals surface area contributed by atoms with Crippen molar-refractivity contribution < 1.29 is 21.2 Å². The van der Waals surface area contributed by atoms with E-state index in [1.54, 1.807) is 0 Å². The second-order valence-corrected chi connectivity index (χ2v) is 12.0. The van der Waals surface area contributed by atoms with Gasteiger partial charge in [0.1, 0.15) is 0 Å². The Hall–Kier alpha value is -1.99. The topological polar surface area (TPSA) is 25.3 Å². The second-order valence-electron chi connectivity index (χ2n) is 12.0. The molecule has 0 amide bonds. The summed E-state index contributed by atoms with van der Waals surface area (Å²) in [6.07, 6.45) is 26.4. The smallest absolute Gasteiger partial charge is 0.210 e. The quantitative estimate of drug-likeness (QED) is 0.0775. The number of aryl methyl sites for hydroxylation is 2. The average molecular weight is 600 g/mol. The van der Waals surface area contributed by atoms with Gasteiger partial charge >= 0.3 is 0 Å². The molecule has 228 valence electrons. The number of hydrogen-bond donors (Lipinski definition) is 0. The number of rotatable bonds is 21. The van der Waals surface area contributed by atoms with Gasteiger partial charge in [0.05, 0.1) is 0 Å². The van der Waals surface area contributed by atoms with E-state index in [1.807, 2.05) is 0 Å². The maximum Gasteiger partial charge on any atom is 0.210 e. The van der Waals surface area contributed by atoms with E-state index in [4.69, 9.17) is 0 Å². The Bertz CT molecular complexity index is 1060. The van der Waals surface area contributed by atoms with Crippen molar-refractivity contribution in [2.45, 2.75) is 143 Å². The molecule has 1 aliphatic rings. The van der Waals surface area contributed by atoms with E-state index in [1.165, 1.54) is 118 Å². The van der Waals surface area contributed by atoms with Crippen molar-refractivity contribution in [2.24, 2.45) is 0 Å². The molecule has 0 aromatic heterocycles. The molecule has 2 aromatic rings.